The summed E-state index contributed by atoms with van der Waals surface area (Å²) in [5.41, 5.74) is 7.74. The number of benzene rings is 2. The molecule has 0 radical (unpaired) electrons. The molecule has 6 nitrogen and oxygen atoms in total. The van der Waals surface area contributed by atoms with Crippen LogP contribution in [0.5, 0.6) is 0 Å². The molecule has 0 amide bonds. The molecule has 2 heterocycles. The monoisotopic (exact) mass is 464 g/mol. The average molecular weight is 464 g/mol. The van der Waals surface area contributed by atoms with Crippen molar-refractivity contribution in [2.45, 2.75) is 76.8 Å². The van der Waals surface area contributed by atoms with Gasteiger partial charge in [0.1, 0.15) is 0 Å². The van der Waals surface area contributed by atoms with Gasteiger partial charge < -0.3 is 29.3 Å². The molecule has 2 aliphatic heterocycles. The highest BCUT2D eigenvalue weighted by atomic mass is 16.7. The molecule has 2 saturated heterocycles. The smallest absolute Gasteiger partial charge is 0.399 e. The van der Waals surface area contributed by atoms with Gasteiger partial charge in [-0.1, -0.05) is 30.3 Å². The second kappa shape index (κ2) is 8.59. The number of nitrogen functional groups attached to an aromatic ring is 1. The van der Waals surface area contributed by atoms with Crippen molar-refractivity contribution in [3.05, 3.63) is 48.5 Å². The Morgan fingerprint density at radius 3 is 1.76 bits per heavy atom. The Kier molecular flexibility index (Phi) is 6.35. The van der Waals surface area contributed by atoms with Gasteiger partial charge in [-0.2, -0.15) is 0 Å². The van der Waals surface area contributed by atoms with Gasteiger partial charge in [0.25, 0.3) is 0 Å². The minimum Gasteiger partial charge on any atom is -0.399 e. The third-order valence-corrected chi connectivity index (χ3v) is 8.05. The van der Waals surface area contributed by atoms with Crippen LogP contribution in [0, 0.1) is 0 Å². The van der Waals surface area contributed by atoms with Crippen molar-refractivity contribution in [2.75, 3.05) is 24.7 Å². The van der Waals surface area contributed by atoms with Gasteiger partial charge in [-0.25, -0.2) is 0 Å². The maximum absolute atomic E-state index is 6.68. The van der Waals surface area contributed by atoms with Gasteiger partial charge in [0.05, 0.1) is 22.4 Å². The Balaban J connectivity index is 1.52. The van der Waals surface area contributed by atoms with Gasteiger partial charge >= 0.3 is 14.2 Å². The van der Waals surface area contributed by atoms with E-state index in [1.807, 2.05) is 50.5 Å². The highest BCUT2D eigenvalue weighted by molar-refractivity contribution is 6.64. The van der Waals surface area contributed by atoms with Crippen LogP contribution in [0.15, 0.2) is 48.5 Å². The maximum atomic E-state index is 6.68. The summed E-state index contributed by atoms with van der Waals surface area (Å²) < 4.78 is 26.1. The molecule has 2 aliphatic rings. The summed E-state index contributed by atoms with van der Waals surface area (Å²) in [6, 6.07) is 15.9. The second-order valence-electron chi connectivity index (χ2n) is 11.2. The molecule has 2 aromatic carbocycles. The fraction of sp³-hybridized carbons (Fsp3) is 0.538. The van der Waals surface area contributed by atoms with Crippen LogP contribution in [0.25, 0.3) is 0 Å². The number of hydrogen-bond acceptors (Lipinski definition) is 6. The lowest BCUT2D eigenvalue weighted by molar-refractivity contribution is -0.0576. The largest absolute Gasteiger partial charge is 0.496 e. The Hall–Kier alpha value is -1.99. The summed E-state index contributed by atoms with van der Waals surface area (Å²) in [5, 5.41) is 0. The molecule has 182 valence electrons. The fourth-order valence-electron chi connectivity index (χ4n) is 4.80. The summed E-state index contributed by atoms with van der Waals surface area (Å²) in [4.78, 5) is 2.09. The van der Waals surface area contributed by atoms with Gasteiger partial charge in [-0.3, -0.25) is 0 Å². The van der Waals surface area contributed by atoms with Gasteiger partial charge in [0.15, 0.2) is 0 Å². The zero-order chi connectivity index (χ0) is 24.9. The molecule has 2 N–H and O–H groups in total. The van der Waals surface area contributed by atoms with E-state index in [4.69, 9.17) is 24.4 Å². The van der Waals surface area contributed by atoms with E-state index in [9.17, 15) is 0 Å². The van der Waals surface area contributed by atoms with Crippen molar-refractivity contribution in [1.82, 2.24) is 0 Å². The Morgan fingerprint density at radius 1 is 0.706 bits per heavy atom. The quantitative estimate of drug-likeness (QED) is 0.523. The van der Waals surface area contributed by atoms with Gasteiger partial charge in [-0.15, -0.1) is 0 Å². The van der Waals surface area contributed by atoms with Crippen molar-refractivity contribution >= 4 is 36.5 Å². The summed E-state index contributed by atoms with van der Waals surface area (Å²) in [7, 11) is 3.22. The Labute approximate surface area is 205 Å². The van der Waals surface area contributed by atoms with Crippen molar-refractivity contribution in [1.29, 1.82) is 0 Å². The first kappa shape index (κ1) is 25.1. The molecule has 2 aromatic rings. The average Bonchev–Trinajstić information content (AvgIpc) is 3.15. The number of hydrogen-bond donors (Lipinski definition) is 1. The highest BCUT2D eigenvalue weighted by Gasteiger charge is 2.59. The molecule has 0 aromatic heterocycles. The van der Waals surface area contributed by atoms with Crippen molar-refractivity contribution in [2.24, 2.45) is 0 Å². The number of para-hydroxylation sites is 1. The number of nitrogens with zero attached hydrogens (tertiary/aromatic N) is 1. The van der Waals surface area contributed by atoms with Gasteiger partial charge in [0, 0.05) is 30.9 Å². The fourth-order valence-corrected chi connectivity index (χ4v) is 4.80. The van der Waals surface area contributed by atoms with E-state index in [1.165, 1.54) is 0 Å². The molecule has 2 atom stereocenters. The van der Waals surface area contributed by atoms with Crippen LogP contribution >= 0.6 is 0 Å². The minimum atomic E-state index is -0.501. The van der Waals surface area contributed by atoms with E-state index in [1.54, 1.807) is 0 Å². The first-order valence-electron chi connectivity index (χ1n) is 12.1. The predicted octanol–water partition coefficient (Wildman–Crippen LogP) is 3.37. The SMILES string of the molecule is CN(C)c1ccccc1B1OC(C)(C)C(C)(CCC2(C)OB(c3ccc(N)cc3)OC2(C)C)O1. The van der Waals surface area contributed by atoms with Crippen LogP contribution in [0.2, 0.25) is 0 Å². The van der Waals surface area contributed by atoms with Crippen LogP contribution < -0.4 is 21.6 Å². The lowest BCUT2D eigenvalue weighted by atomic mass is 9.76. The summed E-state index contributed by atoms with van der Waals surface area (Å²) >= 11 is 0. The predicted molar refractivity (Wildman–Crippen MR) is 141 cm³/mol. The number of rotatable bonds is 6. The van der Waals surface area contributed by atoms with Crippen LogP contribution in [0.3, 0.4) is 0 Å². The Bertz CT molecular complexity index is 1030. The Morgan fingerprint density at radius 2 is 1.21 bits per heavy atom. The third kappa shape index (κ3) is 4.37. The molecule has 0 aliphatic carbocycles. The van der Waals surface area contributed by atoms with E-state index in [-0.39, 0.29) is 0 Å². The number of nitrogens with two attached hydrogens (primary N) is 1. The van der Waals surface area contributed by atoms with E-state index in [2.05, 4.69) is 58.6 Å². The highest BCUT2D eigenvalue weighted by Crippen LogP contribution is 2.46. The van der Waals surface area contributed by atoms with E-state index < -0.39 is 36.6 Å². The van der Waals surface area contributed by atoms with E-state index in [0.29, 0.717) is 0 Å². The maximum Gasteiger partial charge on any atom is 0.496 e. The summed E-state index contributed by atoms with van der Waals surface area (Å²) in [6.45, 7) is 12.7. The van der Waals surface area contributed by atoms with Crippen molar-refractivity contribution in [3.63, 3.8) is 0 Å². The zero-order valence-electron chi connectivity index (χ0n) is 21.8. The topological polar surface area (TPSA) is 66.2 Å². The van der Waals surface area contributed by atoms with Crippen LogP contribution in [0.1, 0.15) is 54.4 Å². The summed E-state index contributed by atoms with van der Waals surface area (Å²) in [5.74, 6) is 0. The summed E-state index contributed by atoms with van der Waals surface area (Å²) in [6.07, 6.45) is 1.52. The van der Waals surface area contributed by atoms with Crippen LogP contribution in [-0.4, -0.2) is 50.7 Å². The third-order valence-electron chi connectivity index (χ3n) is 8.05. The molecule has 0 bridgehead atoms. The molecule has 0 spiro atoms. The minimum absolute atomic E-state index is 0.428. The van der Waals surface area contributed by atoms with Crippen molar-refractivity contribution in [3.8, 4) is 0 Å². The normalized spacial score (nSPS) is 27.9. The molecular formula is C26H38B2N2O4. The van der Waals surface area contributed by atoms with E-state index in [0.717, 1.165) is 35.1 Å². The molecule has 2 unspecified atom stereocenters. The first-order chi connectivity index (χ1) is 15.8. The molecule has 4 rings (SSSR count). The van der Waals surface area contributed by atoms with Gasteiger partial charge in [-0.05, 0) is 78.0 Å². The second-order valence-corrected chi connectivity index (χ2v) is 11.2. The first-order valence-corrected chi connectivity index (χ1v) is 12.1. The lowest BCUT2D eigenvalue weighted by Crippen LogP contribution is -2.50. The number of anilines is 2. The lowest BCUT2D eigenvalue weighted by Gasteiger charge is -2.42. The van der Waals surface area contributed by atoms with Crippen LogP contribution in [0.4, 0.5) is 11.4 Å². The van der Waals surface area contributed by atoms with Crippen molar-refractivity contribution < 1.29 is 18.6 Å². The van der Waals surface area contributed by atoms with Gasteiger partial charge in [0.2, 0.25) is 0 Å². The molecule has 0 saturated carbocycles. The molecular weight excluding hydrogens is 426 g/mol. The standard InChI is InChI=1S/C26H38B2N2O4/c1-23(2)25(5,33-27(31-23)19-13-15-20(29)16-14-19)17-18-26(6)24(3,4)32-28(34-26)21-11-9-10-12-22(21)30(7)8/h9-16H,17-18,29H2,1-8H3. The van der Waals surface area contributed by atoms with Crippen LogP contribution in [-0.2, 0) is 18.6 Å². The molecule has 2 fully saturated rings. The van der Waals surface area contributed by atoms with E-state index >= 15 is 0 Å². The zero-order valence-corrected chi connectivity index (χ0v) is 21.8. The molecule has 34 heavy (non-hydrogen) atoms. The molecule has 8 heteroatoms.